The minimum atomic E-state index is 0.349. The van der Waals surface area contributed by atoms with Crippen molar-refractivity contribution in [2.45, 2.75) is 12.6 Å². The molecule has 1 atom stereocenters. The van der Waals surface area contributed by atoms with Gasteiger partial charge in [0.15, 0.2) is 0 Å². The molecule has 1 aliphatic rings. The highest BCUT2D eigenvalue weighted by molar-refractivity contribution is 9.10. The number of thiophene rings is 1. The molecular weight excluding hydrogens is 300 g/mol. The van der Waals surface area contributed by atoms with E-state index >= 15 is 0 Å². The summed E-state index contributed by atoms with van der Waals surface area (Å²) < 4.78 is 6.96. The van der Waals surface area contributed by atoms with Gasteiger partial charge in [0, 0.05) is 40.9 Å². The van der Waals surface area contributed by atoms with Crippen LogP contribution in [0.3, 0.4) is 0 Å². The third-order valence-corrected chi connectivity index (χ3v) is 4.48. The van der Waals surface area contributed by atoms with Crippen LogP contribution in [0.5, 0.6) is 0 Å². The molecule has 5 heteroatoms. The molecule has 0 amide bonds. The van der Waals surface area contributed by atoms with Crippen molar-refractivity contribution < 1.29 is 4.74 Å². The van der Waals surface area contributed by atoms with Gasteiger partial charge >= 0.3 is 0 Å². The summed E-state index contributed by atoms with van der Waals surface area (Å²) in [5.41, 5.74) is 0. The molecule has 1 aromatic rings. The normalized spacial score (nSPS) is 22.2. The molecule has 1 fully saturated rings. The molecule has 0 spiro atoms. The summed E-state index contributed by atoms with van der Waals surface area (Å²) in [5, 5.41) is 2.15. The highest BCUT2D eigenvalue weighted by atomic mass is 79.9. The molecule has 0 bridgehead atoms. The van der Waals surface area contributed by atoms with Gasteiger partial charge in [-0.3, -0.25) is 4.90 Å². The van der Waals surface area contributed by atoms with Crippen LogP contribution >= 0.6 is 27.3 Å². The summed E-state index contributed by atoms with van der Waals surface area (Å²) in [6.07, 6.45) is 0.349. The Morgan fingerprint density at radius 3 is 3.06 bits per heavy atom. The zero-order valence-electron chi connectivity index (χ0n) is 10.4. The molecule has 0 N–H and O–H groups in total. The van der Waals surface area contributed by atoms with E-state index in [1.54, 1.807) is 0 Å². The Bertz CT molecular complexity index is 356. The maximum atomic E-state index is 5.77. The fourth-order valence-corrected chi connectivity index (χ4v) is 3.59. The molecule has 0 radical (unpaired) electrons. The molecule has 2 heterocycles. The molecular formula is C12H19BrN2OS. The van der Waals surface area contributed by atoms with Crippen LogP contribution < -0.4 is 0 Å². The summed E-state index contributed by atoms with van der Waals surface area (Å²) in [4.78, 5) is 6.09. The van der Waals surface area contributed by atoms with Gasteiger partial charge in [-0.25, -0.2) is 0 Å². The second kappa shape index (κ2) is 6.29. The minimum absolute atomic E-state index is 0.349. The molecule has 2 rings (SSSR count). The van der Waals surface area contributed by atoms with Crippen LogP contribution in [0.25, 0.3) is 0 Å². The Labute approximate surface area is 115 Å². The molecule has 1 aromatic heterocycles. The predicted octanol–water partition coefficient (Wildman–Crippen LogP) is 2.27. The molecule has 3 nitrogen and oxygen atoms in total. The Balaban J connectivity index is 1.85. The van der Waals surface area contributed by atoms with Crippen LogP contribution in [0.2, 0.25) is 0 Å². The van der Waals surface area contributed by atoms with E-state index in [1.165, 1.54) is 9.35 Å². The van der Waals surface area contributed by atoms with E-state index in [4.69, 9.17) is 4.74 Å². The molecule has 1 saturated heterocycles. The van der Waals surface area contributed by atoms with Crippen LogP contribution in [0.1, 0.15) is 4.88 Å². The first-order chi connectivity index (χ1) is 8.13. The lowest BCUT2D eigenvalue weighted by Gasteiger charge is -2.33. The second-order valence-corrected chi connectivity index (χ2v) is 6.63. The van der Waals surface area contributed by atoms with E-state index in [0.717, 1.165) is 32.8 Å². The Hall–Kier alpha value is 0.0600. The molecule has 0 aromatic carbocycles. The highest BCUT2D eigenvalue weighted by Crippen LogP contribution is 2.22. The third kappa shape index (κ3) is 4.34. The van der Waals surface area contributed by atoms with Gasteiger partial charge in [0.2, 0.25) is 0 Å². The van der Waals surface area contributed by atoms with Crippen molar-refractivity contribution in [3.63, 3.8) is 0 Å². The van der Waals surface area contributed by atoms with E-state index in [-0.39, 0.29) is 0 Å². The second-order valence-electron chi connectivity index (χ2n) is 4.72. The van der Waals surface area contributed by atoms with Crippen molar-refractivity contribution in [1.82, 2.24) is 9.80 Å². The van der Waals surface area contributed by atoms with Gasteiger partial charge in [-0.2, -0.15) is 0 Å². The standard InChI is InChI=1S/C12H19BrN2OS/c1-14(2)6-11-7-15(3-4-16-11)8-12-5-10(13)9-17-12/h5,9,11H,3-4,6-8H2,1-2H3. The lowest BCUT2D eigenvalue weighted by Crippen LogP contribution is -2.45. The summed E-state index contributed by atoms with van der Waals surface area (Å²) in [7, 11) is 4.19. The number of likely N-dealkylation sites (N-methyl/N-ethyl adjacent to an activating group) is 1. The number of hydrogen-bond acceptors (Lipinski definition) is 4. The smallest absolute Gasteiger partial charge is 0.0829 e. The lowest BCUT2D eigenvalue weighted by molar-refractivity contribution is -0.0404. The van der Waals surface area contributed by atoms with Gasteiger partial charge in [0.1, 0.15) is 0 Å². The van der Waals surface area contributed by atoms with E-state index in [1.807, 2.05) is 11.3 Å². The maximum absolute atomic E-state index is 5.77. The third-order valence-electron chi connectivity index (χ3n) is 2.79. The van der Waals surface area contributed by atoms with E-state index in [2.05, 4.69) is 51.3 Å². The van der Waals surface area contributed by atoms with Crippen molar-refractivity contribution in [3.05, 3.63) is 20.8 Å². The number of rotatable bonds is 4. The summed E-state index contributed by atoms with van der Waals surface area (Å²) >= 11 is 5.32. The van der Waals surface area contributed by atoms with Gasteiger partial charge in [0.25, 0.3) is 0 Å². The summed E-state index contributed by atoms with van der Waals surface area (Å²) in [6.45, 7) is 4.98. The monoisotopic (exact) mass is 318 g/mol. The first kappa shape index (κ1) is 13.5. The number of nitrogens with zero attached hydrogens (tertiary/aromatic N) is 2. The fraction of sp³-hybridized carbons (Fsp3) is 0.667. The quantitative estimate of drug-likeness (QED) is 0.847. The minimum Gasteiger partial charge on any atom is -0.374 e. The van der Waals surface area contributed by atoms with Crippen molar-refractivity contribution >= 4 is 27.3 Å². The molecule has 17 heavy (non-hydrogen) atoms. The number of morpholine rings is 1. The van der Waals surface area contributed by atoms with Crippen molar-refractivity contribution in [2.75, 3.05) is 40.3 Å². The average Bonchev–Trinajstić information content (AvgIpc) is 2.63. The first-order valence-corrected chi connectivity index (χ1v) is 7.52. The van der Waals surface area contributed by atoms with Crippen LogP contribution in [0.15, 0.2) is 15.9 Å². The Morgan fingerprint density at radius 2 is 2.41 bits per heavy atom. The van der Waals surface area contributed by atoms with E-state index in [9.17, 15) is 0 Å². The molecule has 1 unspecified atom stereocenters. The largest absolute Gasteiger partial charge is 0.374 e. The first-order valence-electron chi connectivity index (χ1n) is 5.85. The van der Waals surface area contributed by atoms with Gasteiger partial charge < -0.3 is 9.64 Å². The molecule has 0 saturated carbocycles. The van der Waals surface area contributed by atoms with Crippen LogP contribution in [-0.2, 0) is 11.3 Å². The van der Waals surface area contributed by atoms with Crippen molar-refractivity contribution in [2.24, 2.45) is 0 Å². The molecule has 0 aliphatic carbocycles. The van der Waals surface area contributed by atoms with E-state index < -0.39 is 0 Å². The van der Waals surface area contributed by atoms with Crippen LogP contribution in [0, 0.1) is 0 Å². The Morgan fingerprint density at radius 1 is 1.59 bits per heavy atom. The van der Waals surface area contributed by atoms with Crippen LogP contribution in [-0.4, -0.2) is 56.2 Å². The van der Waals surface area contributed by atoms with Gasteiger partial charge in [-0.1, -0.05) is 0 Å². The SMILES string of the molecule is CN(C)CC1CN(Cc2cc(Br)cs2)CCO1. The Kier molecular flexibility index (Phi) is 4.99. The maximum Gasteiger partial charge on any atom is 0.0829 e. The van der Waals surface area contributed by atoms with Crippen LogP contribution in [0.4, 0.5) is 0 Å². The zero-order chi connectivity index (χ0) is 12.3. The fourth-order valence-electron chi connectivity index (χ4n) is 2.10. The topological polar surface area (TPSA) is 15.7 Å². The van der Waals surface area contributed by atoms with Crippen molar-refractivity contribution in [1.29, 1.82) is 0 Å². The van der Waals surface area contributed by atoms with Gasteiger partial charge in [-0.15, -0.1) is 11.3 Å². The van der Waals surface area contributed by atoms with Crippen molar-refractivity contribution in [3.8, 4) is 0 Å². The van der Waals surface area contributed by atoms with Gasteiger partial charge in [-0.05, 0) is 36.1 Å². The summed E-state index contributed by atoms with van der Waals surface area (Å²) in [5.74, 6) is 0. The molecule has 96 valence electrons. The number of halogens is 1. The van der Waals surface area contributed by atoms with Gasteiger partial charge in [0.05, 0.1) is 12.7 Å². The highest BCUT2D eigenvalue weighted by Gasteiger charge is 2.21. The number of ether oxygens (including phenoxy) is 1. The number of hydrogen-bond donors (Lipinski definition) is 0. The zero-order valence-corrected chi connectivity index (χ0v) is 12.8. The average molecular weight is 319 g/mol. The predicted molar refractivity (Wildman–Crippen MR) is 75.6 cm³/mol. The lowest BCUT2D eigenvalue weighted by atomic mass is 10.2. The summed E-state index contributed by atoms with van der Waals surface area (Å²) in [6, 6.07) is 2.21. The molecule has 1 aliphatic heterocycles. The van der Waals surface area contributed by atoms with E-state index in [0.29, 0.717) is 6.10 Å².